The fourth-order valence-corrected chi connectivity index (χ4v) is 2.49. The maximum Gasteiger partial charge on any atom is 0.0544 e. The SMILES string of the molecule is CCCC(N)CCc1sccc1Cl. The lowest BCUT2D eigenvalue weighted by Gasteiger charge is -2.08. The van der Waals surface area contributed by atoms with Gasteiger partial charge in [0.25, 0.3) is 0 Å². The van der Waals surface area contributed by atoms with Crippen LogP contribution in [0.2, 0.25) is 5.02 Å². The van der Waals surface area contributed by atoms with E-state index < -0.39 is 0 Å². The van der Waals surface area contributed by atoms with Crippen molar-refractivity contribution >= 4 is 22.9 Å². The van der Waals surface area contributed by atoms with Crippen molar-refractivity contribution in [1.29, 1.82) is 0 Å². The molecule has 0 saturated carbocycles. The number of aryl methyl sites for hydroxylation is 1. The molecule has 1 heterocycles. The summed E-state index contributed by atoms with van der Waals surface area (Å²) in [5, 5.41) is 2.93. The van der Waals surface area contributed by atoms with Crippen LogP contribution in [-0.4, -0.2) is 6.04 Å². The Morgan fingerprint density at radius 1 is 1.54 bits per heavy atom. The zero-order valence-electron chi connectivity index (χ0n) is 7.92. The predicted octanol–water partition coefficient (Wildman–Crippen LogP) is 3.46. The van der Waals surface area contributed by atoms with Gasteiger partial charge in [-0.05, 0) is 30.7 Å². The van der Waals surface area contributed by atoms with Gasteiger partial charge >= 0.3 is 0 Å². The quantitative estimate of drug-likeness (QED) is 0.803. The van der Waals surface area contributed by atoms with Crippen LogP contribution >= 0.6 is 22.9 Å². The van der Waals surface area contributed by atoms with E-state index in [1.807, 2.05) is 11.4 Å². The van der Waals surface area contributed by atoms with Gasteiger partial charge in [-0.2, -0.15) is 0 Å². The molecule has 0 aromatic carbocycles. The average Bonchev–Trinajstić information content (AvgIpc) is 2.48. The van der Waals surface area contributed by atoms with Crippen LogP contribution < -0.4 is 5.73 Å². The Bertz CT molecular complexity index is 247. The first kappa shape index (κ1) is 11.0. The summed E-state index contributed by atoms with van der Waals surface area (Å²) in [7, 11) is 0. The van der Waals surface area contributed by atoms with E-state index >= 15 is 0 Å². The fraction of sp³-hybridized carbons (Fsp3) is 0.600. The van der Waals surface area contributed by atoms with Crippen molar-refractivity contribution < 1.29 is 0 Å². The van der Waals surface area contributed by atoms with Crippen molar-refractivity contribution in [3.05, 3.63) is 21.3 Å². The Morgan fingerprint density at radius 2 is 2.31 bits per heavy atom. The summed E-state index contributed by atoms with van der Waals surface area (Å²) >= 11 is 7.69. The summed E-state index contributed by atoms with van der Waals surface area (Å²) in [6.07, 6.45) is 4.36. The van der Waals surface area contributed by atoms with Gasteiger partial charge in [0, 0.05) is 10.9 Å². The fourth-order valence-electron chi connectivity index (χ4n) is 1.34. The number of nitrogens with two attached hydrogens (primary N) is 1. The molecular weight excluding hydrogens is 202 g/mol. The number of hydrogen-bond donors (Lipinski definition) is 1. The molecule has 13 heavy (non-hydrogen) atoms. The van der Waals surface area contributed by atoms with Crippen LogP contribution in [0.3, 0.4) is 0 Å². The molecule has 0 aliphatic rings. The minimum atomic E-state index is 0.336. The number of hydrogen-bond acceptors (Lipinski definition) is 2. The second-order valence-electron chi connectivity index (χ2n) is 3.28. The maximum atomic E-state index is 5.97. The summed E-state index contributed by atoms with van der Waals surface area (Å²) in [6, 6.07) is 2.29. The summed E-state index contributed by atoms with van der Waals surface area (Å²) < 4.78 is 0. The van der Waals surface area contributed by atoms with E-state index in [4.69, 9.17) is 17.3 Å². The second kappa shape index (κ2) is 5.63. The molecule has 3 heteroatoms. The first-order chi connectivity index (χ1) is 6.24. The molecule has 2 N–H and O–H groups in total. The highest BCUT2D eigenvalue weighted by atomic mass is 35.5. The van der Waals surface area contributed by atoms with Gasteiger partial charge in [-0.1, -0.05) is 24.9 Å². The lowest BCUT2D eigenvalue weighted by Crippen LogP contribution is -2.19. The van der Waals surface area contributed by atoms with Crippen LogP contribution in [-0.2, 0) is 6.42 Å². The molecule has 0 fully saturated rings. The van der Waals surface area contributed by atoms with E-state index in [1.165, 1.54) is 11.3 Å². The Morgan fingerprint density at radius 3 is 2.85 bits per heavy atom. The topological polar surface area (TPSA) is 26.0 Å². The summed E-state index contributed by atoms with van der Waals surface area (Å²) in [4.78, 5) is 1.27. The predicted molar refractivity (Wildman–Crippen MR) is 60.5 cm³/mol. The zero-order chi connectivity index (χ0) is 9.68. The highest BCUT2D eigenvalue weighted by Gasteiger charge is 2.05. The van der Waals surface area contributed by atoms with E-state index in [2.05, 4.69) is 6.92 Å². The van der Waals surface area contributed by atoms with Crippen LogP contribution in [0.5, 0.6) is 0 Å². The molecular formula is C10H16ClNS. The van der Waals surface area contributed by atoms with Crippen molar-refractivity contribution in [2.24, 2.45) is 5.73 Å². The van der Waals surface area contributed by atoms with E-state index in [1.54, 1.807) is 11.3 Å². The van der Waals surface area contributed by atoms with E-state index in [0.717, 1.165) is 24.3 Å². The molecule has 1 atom stereocenters. The highest BCUT2D eigenvalue weighted by Crippen LogP contribution is 2.23. The molecule has 74 valence electrons. The van der Waals surface area contributed by atoms with Gasteiger partial charge in [0.05, 0.1) is 5.02 Å². The smallest absolute Gasteiger partial charge is 0.0544 e. The van der Waals surface area contributed by atoms with Gasteiger partial charge in [-0.15, -0.1) is 11.3 Å². The third-order valence-electron chi connectivity index (χ3n) is 2.09. The molecule has 1 unspecified atom stereocenters. The summed E-state index contributed by atoms with van der Waals surface area (Å²) in [5.74, 6) is 0. The Kier molecular flexibility index (Phi) is 4.78. The molecule has 0 amide bonds. The summed E-state index contributed by atoms with van der Waals surface area (Å²) in [6.45, 7) is 2.16. The molecule has 0 spiro atoms. The Hall–Kier alpha value is -0.0500. The molecule has 0 aliphatic heterocycles. The van der Waals surface area contributed by atoms with Crippen molar-refractivity contribution in [1.82, 2.24) is 0 Å². The molecule has 1 rings (SSSR count). The third kappa shape index (κ3) is 3.67. The third-order valence-corrected chi connectivity index (χ3v) is 3.54. The first-order valence-corrected chi connectivity index (χ1v) is 5.97. The van der Waals surface area contributed by atoms with Gasteiger partial charge in [0.15, 0.2) is 0 Å². The van der Waals surface area contributed by atoms with Crippen molar-refractivity contribution in [2.45, 2.75) is 38.6 Å². The van der Waals surface area contributed by atoms with Crippen molar-refractivity contribution in [3.8, 4) is 0 Å². The lowest BCUT2D eigenvalue weighted by atomic mass is 10.1. The molecule has 0 aliphatic carbocycles. The normalized spacial score (nSPS) is 13.2. The minimum absolute atomic E-state index is 0.336. The minimum Gasteiger partial charge on any atom is -0.328 e. The van der Waals surface area contributed by atoms with E-state index in [0.29, 0.717) is 6.04 Å². The van der Waals surface area contributed by atoms with Crippen LogP contribution in [0.4, 0.5) is 0 Å². The van der Waals surface area contributed by atoms with Gasteiger partial charge in [-0.3, -0.25) is 0 Å². The number of halogens is 1. The van der Waals surface area contributed by atoms with E-state index in [-0.39, 0.29) is 0 Å². The summed E-state index contributed by atoms with van der Waals surface area (Å²) in [5.41, 5.74) is 5.91. The average molecular weight is 218 g/mol. The molecule has 0 saturated heterocycles. The van der Waals surface area contributed by atoms with Crippen LogP contribution in [0.25, 0.3) is 0 Å². The largest absolute Gasteiger partial charge is 0.328 e. The number of rotatable bonds is 5. The van der Waals surface area contributed by atoms with E-state index in [9.17, 15) is 0 Å². The van der Waals surface area contributed by atoms with Crippen LogP contribution in [0.1, 0.15) is 31.1 Å². The number of thiophene rings is 1. The van der Waals surface area contributed by atoms with Gasteiger partial charge in [0.1, 0.15) is 0 Å². The lowest BCUT2D eigenvalue weighted by molar-refractivity contribution is 0.563. The molecule has 0 radical (unpaired) electrons. The zero-order valence-corrected chi connectivity index (χ0v) is 9.50. The standard InChI is InChI=1S/C10H16ClNS/c1-2-3-8(12)4-5-10-9(11)6-7-13-10/h6-8H,2-5,12H2,1H3. The van der Waals surface area contributed by atoms with Crippen molar-refractivity contribution in [3.63, 3.8) is 0 Å². The van der Waals surface area contributed by atoms with Gasteiger partial charge in [-0.25, -0.2) is 0 Å². The van der Waals surface area contributed by atoms with Gasteiger partial charge in [0.2, 0.25) is 0 Å². The molecule has 1 nitrogen and oxygen atoms in total. The van der Waals surface area contributed by atoms with Crippen molar-refractivity contribution in [2.75, 3.05) is 0 Å². The molecule has 0 bridgehead atoms. The molecule has 1 aromatic heterocycles. The maximum absolute atomic E-state index is 5.97. The Balaban J connectivity index is 2.30. The van der Waals surface area contributed by atoms with Crippen LogP contribution in [0.15, 0.2) is 11.4 Å². The van der Waals surface area contributed by atoms with Crippen LogP contribution in [0, 0.1) is 0 Å². The second-order valence-corrected chi connectivity index (χ2v) is 4.69. The Labute approximate surface area is 88.9 Å². The van der Waals surface area contributed by atoms with Gasteiger partial charge < -0.3 is 5.73 Å². The highest BCUT2D eigenvalue weighted by molar-refractivity contribution is 7.10. The monoisotopic (exact) mass is 217 g/mol. The molecule has 1 aromatic rings. The first-order valence-electron chi connectivity index (χ1n) is 4.71.